The van der Waals surface area contributed by atoms with Crippen LogP contribution in [-0.2, 0) is 14.4 Å². The first-order valence-corrected chi connectivity index (χ1v) is 12.3. The first-order chi connectivity index (χ1) is 17.8. The highest BCUT2D eigenvalue weighted by Crippen LogP contribution is 2.74. The molecule has 4 atom stereocenters. The van der Waals surface area contributed by atoms with E-state index >= 15 is 0 Å². The quantitative estimate of drug-likeness (QED) is 0.273. The number of allylic oxidation sites excluding steroid dienone is 2. The molecular weight excluding hydrogens is 468 g/mol. The van der Waals surface area contributed by atoms with Gasteiger partial charge in [0.25, 0.3) is 5.69 Å². The van der Waals surface area contributed by atoms with Crippen molar-refractivity contribution in [3.8, 4) is 0 Å². The van der Waals surface area contributed by atoms with Crippen LogP contribution in [0.25, 0.3) is 11.1 Å². The van der Waals surface area contributed by atoms with Crippen LogP contribution in [0.1, 0.15) is 31.4 Å². The standard InChI is InChI=1S/C30H24N2O5/c1-3-30-23(19-12-8-5-9-13-19)22(18-10-6-4-7-11-18)29(2,28(30)35)24-25(30)27(34)31(26(24)33)20-14-16-21(17-15-20)32(36)37/h4-17,24-25H,3H2,1-2H3. The Morgan fingerprint density at radius 2 is 1.30 bits per heavy atom. The van der Waals surface area contributed by atoms with Crippen LogP contribution in [-0.4, -0.2) is 22.5 Å². The summed E-state index contributed by atoms with van der Waals surface area (Å²) < 4.78 is 0. The maximum Gasteiger partial charge on any atom is 0.269 e. The van der Waals surface area contributed by atoms with Crippen molar-refractivity contribution in [1.29, 1.82) is 0 Å². The molecule has 3 aliphatic rings. The smallest absolute Gasteiger partial charge is 0.269 e. The fourth-order valence-corrected chi connectivity index (χ4v) is 7.11. The number of anilines is 1. The number of nitrogens with zero attached hydrogens (tertiary/aromatic N) is 2. The molecule has 0 spiro atoms. The van der Waals surface area contributed by atoms with Crippen LogP contribution >= 0.6 is 0 Å². The second-order valence-corrected chi connectivity index (χ2v) is 10.1. The molecule has 184 valence electrons. The number of rotatable bonds is 5. The van der Waals surface area contributed by atoms with Gasteiger partial charge in [0.05, 0.1) is 33.3 Å². The average Bonchev–Trinajstić information content (AvgIpc) is 3.39. The molecule has 37 heavy (non-hydrogen) atoms. The van der Waals surface area contributed by atoms with Crippen LogP contribution in [0.15, 0.2) is 84.9 Å². The summed E-state index contributed by atoms with van der Waals surface area (Å²) in [6.45, 7) is 3.72. The van der Waals surface area contributed by atoms with Crippen molar-refractivity contribution in [2.24, 2.45) is 22.7 Å². The number of non-ortho nitro benzene ring substituents is 1. The lowest BCUT2D eigenvalue weighted by Crippen LogP contribution is -2.41. The van der Waals surface area contributed by atoms with Crippen molar-refractivity contribution in [3.05, 3.63) is 106 Å². The zero-order chi connectivity index (χ0) is 26.1. The highest BCUT2D eigenvalue weighted by atomic mass is 16.6. The number of hydrogen-bond acceptors (Lipinski definition) is 5. The van der Waals surface area contributed by atoms with E-state index in [1.165, 1.54) is 24.3 Å². The van der Waals surface area contributed by atoms with E-state index in [2.05, 4.69) is 0 Å². The summed E-state index contributed by atoms with van der Waals surface area (Å²) in [6, 6.07) is 24.7. The molecule has 6 rings (SSSR count). The summed E-state index contributed by atoms with van der Waals surface area (Å²) in [5.74, 6) is -2.65. The Morgan fingerprint density at radius 3 is 1.81 bits per heavy atom. The van der Waals surface area contributed by atoms with Crippen molar-refractivity contribution < 1.29 is 19.3 Å². The minimum atomic E-state index is -1.20. The Hall–Kier alpha value is -4.39. The lowest BCUT2D eigenvalue weighted by Gasteiger charge is -2.37. The van der Waals surface area contributed by atoms with E-state index in [0.29, 0.717) is 6.42 Å². The molecule has 2 fully saturated rings. The topological polar surface area (TPSA) is 97.6 Å². The first-order valence-electron chi connectivity index (χ1n) is 12.3. The van der Waals surface area contributed by atoms with E-state index in [0.717, 1.165) is 27.2 Å². The largest absolute Gasteiger partial charge is 0.298 e. The molecule has 3 aromatic carbocycles. The summed E-state index contributed by atoms with van der Waals surface area (Å²) in [6.07, 6.45) is 0.371. The monoisotopic (exact) mass is 492 g/mol. The molecule has 0 N–H and O–H groups in total. The molecule has 4 unspecified atom stereocenters. The highest BCUT2D eigenvalue weighted by molar-refractivity contribution is 6.34. The van der Waals surface area contributed by atoms with Gasteiger partial charge in [0.2, 0.25) is 11.8 Å². The van der Waals surface area contributed by atoms with Gasteiger partial charge in [0, 0.05) is 12.1 Å². The molecule has 2 bridgehead atoms. The minimum absolute atomic E-state index is 0.0831. The summed E-state index contributed by atoms with van der Waals surface area (Å²) in [5, 5.41) is 11.1. The normalized spacial score (nSPS) is 28.3. The van der Waals surface area contributed by atoms with E-state index in [-0.39, 0.29) is 17.2 Å². The Balaban J connectivity index is 1.60. The SMILES string of the molecule is CCC12C(=O)C(C)(C(c3ccccc3)=C1c1ccccc1)C1C(=O)N(c3ccc([N+](=O)[O-])cc3)C(=O)C12. The van der Waals surface area contributed by atoms with E-state index in [1.54, 1.807) is 0 Å². The van der Waals surface area contributed by atoms with Gasteiger partial charge in [-0.2, -0.15) is 0 Å². The van der Waals surface area contributed by atoms with Crippen LogP contribution in [0.2, 0.25) is 0 Å². The number of benzene rings is 3. The first kappa shape index (κ1) is 23.0. The Morgan fingerprint density at radius 1 is 0.784 bits per heavy atom. The Bertz CT molecular complexity index is 1510. The van der Waals surface area contributed by atoms with E-state index in [4.69, 9.17) is 0 Å². The third-order valence-corrected chi connectivity index (χ3v) is 8.55. The summed E-state index contributed by atoms with van der Waals surface area (Å²) >= 11 is 0. The summed E-state index contributed by atoms with van der Waals surface area (Å²) in [5.41, 5.74) is 1.15. The number of imide groups is 1. The Kier molecular flexibility index (Phi) is 4.86. The third-order valence-electron chi connectivity index (χ3n) is 8.55. The van der Waals surface area contributed by atoms with Crippen LogP contribution in [0.4, 0.5) is 11.4 Å². The number of Topliss-reactive ketones (excluding diaryl/α,β-unsaturated/α-hetero) is 1. The van der Waals surface area contributed by atoms with Gasteiger partial charge in [0.15, 0.2) is 5.78 Å². The highest BCUT2D eigenvalue weighted by Gasteiger charge is 2.79. The van der Waals surface area contributed by atoms with Crippen LogP contribution < -0.4 is 4.90 Å². The third kappa shape index (κ3) is 2.74. The number of nitro benzene ring substituents is 1. The molecule has 1 saturated carbocycles. The van der Waals surface area contributed by atoms with Crippen molar-refractivity contribution >= 4 is 40.1 Å². The van der Waals surface area contributed by atoms with E-state index in [9.17, 15) is 24.5 Å². The molecular formula is C30H24N2O5. The number of carbonyl (C=O) groups is 3. The molecule has 3 aromatic rings. The number of carbonyl (C=O) groups excluding carboxylic acids is 3. The van der Waals surface area contributed by atoms with Gasteiger partial charge in [-0.05, 0) is 47.8 Å². The van der Waals surface area contributed by atoms with Crippen LogP contribution in [0.5, 0.6) is 0 Å². The van der Waals surface area contributed by atoms with Gasteiger partial charge < -0.3 is 0 Å². The van der Waals surface area contributed by atoms with Crippen molar-refractivity contribution in [1.82, 2.24) is 0 Å². The molecule has 7 heteroatoms. The lowest BCUT2D eigenvalue weighted by molar-refractivity contribution is -0.384. The fourth-order valence-electron chi connectivity index (χ4n) is 7.11. The number of ketones is 1. The number of amides is 2. The van der Waals surface area contributed by atoms with Crippen molar-refractivity contribution in [3.63, 3.8) is 0 Å². The Labute approximate surface area is 213 Å². The minimum Gasteiger partial charge on any atom is -0.298 e. The molecule has 7 nitrogen and oxygen atoms in total. The van der Waals surface area contributed by atoms with Crippen molar-refractivity contribution in [2.45, 2.75) is 20.3 Å². The number of hydrogen-bond donors (Lipinski definition) is 0. The van der Waals surface area contributed by atoms with E-state index < -0.39 is 39.4 Å². The van der Waals surface area contributed by atoms with Crippen LogP contribution in [0.3, 0.4) is 0 Å². The second kappa shape index (κ2) is 7.80. The molecule has 0 radical (unpaired) electrons. The molecule has 1 saturated heterocycles. The van der Waals surface area contributed by atoms with Gasteiger partial charge in [-0.3, -0.25) is 24.5 Å². The van der Waals surface area contributed by atoms with Gasteiger partial charge in [-0.25, -0.2) is 4.90 Å². The fraction of sp³-hybridized carbons (Fsp3) is 0.233. The zero-order valence-corrected chi connectivity index (χ0v) is 20.4. The lowest BCUT2D eigenvalue weighted by atomic mass is 9.62. The second-order valence-electron chi connectivity index (χ2n) is 10.1. The molecule has 2 amide bonds. The predicted octanol–water partition coefficient (Wildman–Crippen LogP) is 5.31. The number of nitro groups is 1. The maximum atomic E-state index is 14.4. The molecule has 1 aliphatic heterocycles. The summed E-state index contributed by atoms with van der Waals surface area (Å²) in [7, 11) is 0. The maximum absolute atomic E-state index is 14.4. The van der Waals surface area contributed by atoms with Gasteiger partial charge >= 0.3 is 0 Å². The van der Waals surface area contributed by atoms with Crippen molar-refractivity contribution in [2.75, 3.05) is 4.90 Å². The predicted molar refractivity (Wildman–Crippen MR) is 138 cm³/mol. The number of fused-ring (bicyclic) bond motifs is 5. The van der Waals surface area contributed by atoms with Crippen LogP contribution in [0, 0.1) is 32.8 Å². The molecule has 2 aliphatic carbocycles. The molecule has 1 heterocycles. The zero-order valence-electron chi connectivity index (χ0n) is 20.4. The van der Waals surface area contributed by atoms with Gasteiger partial charge in [0.1, 0.15) is 0 Å². The molecule has 0 aromatic heterocycles. The van der Waals surface area contributed by atoms with Gasteiger partial charge in [-0.1, -0.05) is 67.6 Å². The summed E-state index contributed by atoms with van der Waals surface area (Å²) in [4.78, 5) is 54.3. The van der Waals surface area contributed by atoms with E-state index in [1.807, 2.05) is 74.5 Å². The van der Waals surface area contributed by atoms with Gasteiger partial charge in [-0.15, -0.1) is 0 Å². The average molecular weight is 493 g/mol.